The van der Waals surface area contributed by atoms with Crippen molar-refractivity contribution >= 4 is 44.7 Å². The number of thiazole rings is 1. The highest BCUT2D eigenvalue weighted by molar-refractivity contribution is 9.10. The first-order valence-corrected chi connectivity index (χ1v) is 8.65. The Balaban J connectivity index is 2.04. The van der Waals surface area contributed by atoms with Crippen LogP contribution in [0.25, 0.3) is 0 Å². The van der Waals surface area contributed by atoms with Gasteiger partial charge in [0.2, 0.25) is 0 Å². The number of nitrogens with two attached hydrogens (primary N) is 1. The number of hydrogen-bond acceptors (Lipinski definition) is 4. The molecule has 0 spiro atoms. The van der Waals surface area contributed by atoms with Crippen molar-refractivity contribution in [1.29, 1.82) is 0 Å². The molecule has 0 atom stereocenters. The first-order valence-electron chi connectivity index (χ1n) is 5.99. The molecule has 0 fully saturated rings. The summed E-state index contributed by atoms with van der Waals surface area (Å²) in [5, 5.41) is 3.30. The molecular formula is C14H17BrN2S2. The molecule has 1 heterocycles. The largest absolute Gasteiger partial charge is 0.398 e. The van der Waals surface area contributed by atoms with Crippen molar-refractivity contribution in [2.24, 2.45) is 0 Å². The van der Waals surface area contributed by atoms with E-state index in [9.17, 15) is 0 Å². The van der Waals surface area contributed by atoms with E-state index in [2.05, 4.69) is 42.1 Å². The van der Waals surface area contributed by atoms with Gasteiger partial charge in [-0.2, -0.15) is 0 Å². The van der Waals surface area contributed by atoms with E-state index in [1.165, 1.54) is 0 Å². The predicted molar refractivity (Wildman–Crippen MR) is 88.9 cm³/mol. The molecule has 19 heavy (non-hydrogen) atoms. The number of benzene rings is 1. The fourth-order valence-corrected chi connectivity index (χ4v) is 3.88. The summed E-state index contributed by atoms with van der Waals surface area (Å²) in [4.78, 5) is 5.80. The zero-order valence-corrected chi connectivity index (χ0v) is 14.5. The van der Waals surface area contributed by atoms with E-state index in [0.717, 1.165) is 31.5 Å². The predicted octanol–water partition coefficient (Wildman–Crippen LogP) is 5.08. The van der Waals surface area contributed by atoms with Crippen LogP contribution in [-0.4, -0.2) is 4.98 Å². The molecule has 0 radical (unpaired) electrons. The van der Waals surface area contributed by atoms with Crippen LogP contribution in [0.5, 0.6) is 0 Å². The van der Waals surface area contributed by atoms with Crippen molar-refractivity contribution in [2.45, 2.75) is 36.8 Å². The summed E-state index contributed by atoms with van der Waals surface area (Å²) < 4.78 is 1.01. The second-order valence-electron chi connectivity index (χ2n) is 5.35. The average molecular weight is 357 g/mol. The van der Waals surface area contributed by atoms with Crippen molar-refractivity contribution in [2.75, 3.05) is 5.73 Å². The number of thioether (sulfide) groups is 1. The van der Waals surface area contributed by atoms with Crippen molar-refractivity contribution < 1.29 is 0 Å². The maximum atomic E-state index is 5.99. The lowest BCUT2D eigenvalue weighted by Crippen LogP contribution is -2.11. The Morgan fingerprint density at radius 2 is 2.11 bits per heavy atom. The van der Waals surface area contributed by atoms with Crippen molar-refractivity contribution in [3.05, 3.63) is 38.8 Å². The molecule has 2 aromatic rings. The Morgan fingerprint density at radius 1 is 1.37 bits per heavy atom. The number of aromatic nitrogens is 1. The van der Waals surface area contributed by atoms with E-state index in [0.29, 0.717) is 0 Å². The van der Waals surface area contributed by atoms with E-state index in [1.54, 1.807) is 23.1 Å². The van der Waals surface area contributed by atoms with Crippen LogP contribution in [0, 0.1) is 0 Å². The maximum absolute atomic E-state index is 5.99. The van der Waals surface area contributed by atoms with Gasteiger partial charge in [-0.25, -0.2) is 4.98 Å². The van der Waals surface area contributed by atoms with Crippen LogP contribution in [0.15, 0.2) is 32.9 Å². The first kappa shape index (κ1) is 14.9. The minimum Gasteiger partial charge on any atom is -0.398 e. The summed E-state index contributed by atoms with van der Waals surface area (Å²) in [6.45, 7) is 6.56. The zero-order chi connectivity index (χ0) is 14.0. The van der Waals surface area contributed by atoms with Crippen LogP contribution >= 0.6 is 39.0 Å². The second kappa shape index (κ2) is 5.85. The van der Waals surface area contributed by atoms with Crippen LogP contribution < -0.4 is 5.73 Å². The zero-order valence-electron chi connectivity index (χ0n) is 11.2. The molecule has 5 heteroatoms. The molecule has 0 unspecified atom stereocenters. The van der Waals surface area contributed by atoms with Gasteiger partial charge in [0, 0.05) is 25.9 Å². The third-order valence-corrected chi connectivity index (χ3v) is 5.27. The van der Waals surface area contributed by atoms with E-state index in [4.69, 9.17) is 10.7 Å². The van der Waals surface area contributed by atoms with Gasteiger partial charge in [-0.1, -0.05) is 36.7 Å². The molecule has 0 bridgehead atoms. The highest BCUT2D eigenvalue weighted by Crippen LogP contribution is 2.32. The number of nitrogens with zero attached hydrogens (tertiary/aromatic N) is 1. The van der Waals surface area contributed by atoms with Gasteiger partial charge in [-0.3, -0.25) is 0 Å². The fraction of sp³-hybridized carbons (Fsp3) is 0.357. The maximum Gasteiger partial charge on any atom is 0.103 e. The smallest absolute Gasteiger partial charge is 0.103 e. The average Bonchev–Trinajstić information content (AvgIpc) is 2.76. The Bertz CT molecular complexity index is 573. The van der Waals surface area contributed by atoms with Crippen LogP contribution in [0.2, 0.25) is 0 Å². The summed E-state index contributed by atoms with van der Waals surface area (Å²) in [7, 11) is 0. The molecule has 0 saturated heterocycles. The van der Waals surface area contributed by atoms with Crippen LogP contribution in [0.1, 0.15) is 31.5 Å². The lowest BCUT2D eigenvalue weighted by molar-refractivity contribution is 0.572. The van der Waals surface area contributed by atoms with Crippen LogP contribution in [-0.2, 0) is 11.2 Å². The number of hydrogen-bond donors (Lipinski definition) is 1. The lowest BCUT2D eigenvalue weighted by Gasteiger charge is -2.14. The number of rotatable bonds is 3. The molecule has 0 aliphatic carbocycles. The van der Waals surface area contributed by atoms with Gasteiger partial charge in [0.15, 0.2) is 0 Å². The third-order valence-electron chi connectivity index (χ3n) is 2.64. The minimum atomic E-state index is 0.121. The quantitative estimate of drug-likeness (QED) is 0.615. The van der Waals surface area contributed by atoms with Crippen molar-refractivity contribution in [1.82, 2.24) is 4.98 Å². The van der Waals surface area contributed by atoms with Gasteiger partial charge in [-0.15, -0.1) is 23.1 Å². The molecule has 2 nitrogen and oxygen atoms in total. The van der Waals surface area contributed by atoms with Crippen molar-refractivity contribution in [3.63, 3.8) is 0 Å². The molecule has 1 aromatic heterocycles. The van der Waals surface area contributed by atoms with Gasteiger partial charge in [-0.05, 0) is 18.2 Å². The number of anilines is 1. The van der Waals surface area contributed by atoms with Gasteiger partial charge in [0.25, 0.3) is 0 Å². The summed E-state index contributed by atoms with van der Waals surface area (Å²) in [6.07, 6.45) is 0. The summed E-state index contributed by atoms with van der Waals surface area (Å²) in [5.74, 6) is 0.868. The minimum absolute atomic E-state index is 0.121. The Labute approximate surface area is 131 Å². The van der Waals surface area contributed by atoms with E-state index in [-0.39, 0.29) is 5.41 Å². The lowest BCUT2D eigenvalue weighted by atomic mass is 9.93. The molecule has 0 amide bonds. The van der Waals surface area contributed by atoms with Gasteiger partial charge < -0.3 is 5.73 Å². The highest BCUT2D eigenvalue weighted by atomic mass is 79.9. The molecular weight excluding hydrogens is 340 g/mol. The van der Waals surface area contributed by atoms with E-state index >= 15 is 0 Å². The molecule has 0 aliphatic rings. The molecule has 2 N–H and O–H groups in total. The van der Waals surface area contributed by atoms with Crippen molar-refractivity contribution in [3.8, 4) is 0 Å². The topological polar surface area (TPSA) is 38.9 Å². The molecule has 102 valence electrons. The SMILES string of the molecule is CC(C)(C)c1csc(CSc2ccc(Br)cc2N)n1. The Morgan fingerprint density at radius 3 is 2.68 bits per heavy atom. The normalized spacial score (nSPS) is 11.8. The first-order chi connectivity index (χ1) is 8.86. The Hall–Kier alpha value is -0.520. The third kappa shape index (κ3) is 3.97. The standard InChI is InChI=1S/C14H17BrN2S2/c1-14(2,3)12-7-19-13(17-12)8-18-11-5-4-9(15)6-10(11)16/h4-7H,8,16H2,1-3H3. The van der Waals surface area contributed by atoms with Crippen LogP contribution in [0.4, 0.5) is 5.69 Å². The second-order valence-corrected chi connectivity index (χ2v) is 8.22. The molecule has 0 aliphatic heterocycles. The fourth-order valence-electron chi connectivity index (χ4n) is 1.51. The summed E-state index contributed by atoms with van der Waals surface area (Å²) >= 11 is 6.88. The van der Waals surface area contributed by atoms with Gasteiger partial charge >= 0.3 is 0 Å². The molecule has 2 rings (SSSR count). The van der Waals surface area contributed by atoms with E-state index < -0.39 is 0 Å². The molecule has 1 aromatic carbocycles. The molecule has 0 saturated carbocycles. The van der Waals surface area contributed by atoms with Gasteiger partial charge in [0.05, 0.1) is 11.4 Å². The monoisotopic (exact) mass is 356 g/mol. The number of nitrogen functional groups attached to an aromatic ring is 1. The Kier molecular flexibility index (Phi) is 4.58. The number of halogens is 1. The highest BCUT2D eigenvalue weighted by Gasteiger charge is 2.17. The van der Waals surface area contributed by atoms with Gasteiger partial charge in [0.1, 0.15) is 5.01 Å². The van der Waals surface area contributed by atoms with E-state index in [1.807, 2.05) is 18.2 Å². The van der Waals surface area contributed by atoms with Crippen LogP contribution in [0.3, 0.4) is 0 Å². The summed E-state index contributed by atoms with van der Waals surface area (Å²) in [5.41, 5.74) is 8.09. The summed E-state index contributed by atoms with van der Waals surface area (Å²) in [6, 6.07) is 5.99.